The van der Waals surface area contributed by atoms with E-state index in [4.69, 9.17) is 38.7 Å². The molecule has 7 nitrogen and oxygen atoms in total. The Morgan fingerprint density at radius 3 is 2.46 bits per heavy atom. The Morgan fingerprint density at radius 1 is 1.17 bits per heavy atom. The number of ether oxygens (including phenoxy) is 1. The van der Waals surface area contributed by atoms with Crippen LogP contribution < -0.4 is 10.6 Å². The molecule has 0 unspecified atom stereocenters. The van der Waals surface area contributed by atoms with Gasteiger partial charge in [0.2, 0.25) is 0 Å². The number of imidazole rings is 1. The van der Waals surface area contributed by atoms with E-state index in [1.807, 2.05) is 27.8 Å². The summed E-state index contributed by atoms with van der Waals surface area (Å²) in [6, 6.07) is 6.19. The van der Waals surface area contributed by atoms with Crippen LogP contribution in [0.1, 0.15) is 58.7 Å². The molecule has 0 saturated carbocycles. The van der Waals surface area contributed by atoms with E-state index in [-0.39, 0.29) is 18.2 Å². The van der Waals surface area contributed by atoms with E-state index in [1.165, 1.54) is 0 Å². The van der Waals surface area contributed by atoms with E-state index in [1.54, 1.807) is 0 Å². The molecule has 2 N–H and O–H groups in total. The molecule has 0 bridgehead atoms. The summed E-state index contributed by atoms with van der Waals surface area (Å²) in [5.41, 5.74) is 8.04. The Morgan fingerprint density at radius 2 is 1.86 bits per heavy atom. The topological polar surface area (TPSA) is 90.5 Å². The Kier molecular flexibility index (Phi) is 11.8. The molecule has 196 valence electrons. The van der Waals surface area contributed by atoms with Crippen LogP contribution in [-0.2, 0) is 27.8 Å². The quantitative estimate of drug-likeness (QED) is 0.264. The lowest BCUT2D eigenvalue weighted by atomic mass is 9.94. The largest absolute Gasteiger partial charge is 0.460 e. The Hall–Kier alpha value is -1.83. The number of fused-ring (bicyclic) bond motifs is 1. The van der Waals surface area contributed by atoms with E-state index in [2.05, 4.69) is 27.7 Å². The third-order valence-corrected chi connectivity index (χ3v) is 6.20. The van der Waals surface area contributed by atoms with Crippen LogP contribution in [0, 0.1) is 5.92 Å². The molecule has 1 aromatic heterocycles. The standard InChI is InChI=1S/C26H40Cl2N4O3/c1-26(2,3)35-25(34)19(7-6-14-29)17-21(33)8-5-9-24-30-22-18-20(10-11-23(22)31(24)4)32(15-12-27)16-13-28/h10-11,18-19H,5-9,12-17,29H2,1-4H3/t19-/m1/s1. The number of anilines is 1. The minimum absolute atomic E-state index is 0.0664. The van der Waals surface area contributed by atoms with Gasteiger partial charge in [0.15, 0.2) is 0 Å². The number of aryl methyl sites for hydroxylation is 2. The van der Waals surface area contributed by atoms with Crippen molar-refractivity contribution in [2.75, 3.05) is 36.3 Å². The molecular weight excluding hydrogens is 487 g/mol. The highest BCUT2D eigenvalue weighted by Crippen LogP contribution is 2.24. The average Bonchev–Trinajstić information content (AvgIpc) is 3.10. The normalized spacial score (nSPS) is 12.7. The lowest BCUT2D eigenvalue weighted by molar-refractivity contribution is -0.161. The van der Waals surface area contributed by atoms with Crippen molar-refractivity contribution in [2.24, 2.45) is 18.7 Å². The van der Waals surface area contributed by atoms with E-state index in [0.29, 0.717) is 50.4 Å². The smallest absolute Gasteiger partial charge is 0.309 e. The first-order chi connectivity index (χ1) is 16.6. The number of hydrogen-bond donors (Lipinski definition) is 1. The summed E-state index contributed by atoms with van der Waals surface area (Å²) in [5, 5.41) is 0. The van der Waals surface area contributed by atoms with Gasteiger partial charge in [0.05, 0.1) is 17.0 Å². The number of benzene rings is 1. The Labute approximate surface area is 219 Å². The second-order valence-corrected chi connectivity index (χ2v) is 10.6. The van der Waals surface area contributed by atoms with E-state index >= 15 is 0 Å². The van der Waals surface area contributed by atoms with Crippen LogP contribution in [0.3, 0.4) is 0 Å². The van der Waals surface area contributed by atoms with Crippen molar-refractivity contribution in [1.29, 1.82) is 0 Å². The van der Waals surface area contributed by atoms with Crippen LogP contribution in [-0.4, -0.2) is 58.3 Å². The lowest BCUT2D eigenvalue weighted by Gasteiger charge is -2.23. The molecule has 0 fully saturated rings. The molecule has 0 amide bonds. The Balaban J connectivity index is 2.00. The van der Waals surface area contributed by atoms with Gasteiger partial charge in [-0.2, -0.15) is 0 Å². The molecule has 0 aliphatic rings. The van der Waals surface area contributed by atoms with Crippen LogP contribution in [0.15, 0.2) is 18.2 Å². The van der Waals surface area contributed by atoms with Crippen LogP contribution in [0.4, 0.5) is 5.69 Å². The summed E-state index contributed by atoms with van der Waals surface area (Å²) in [6.45, 7) is 7.42. The number of aromatic nitrogens is 2. The molecule has 0 spiro atoms. The van der Waals surface area contributed by atoms with Gasteiger partial charge in [0, 0.05) is 56.8 Å². The van der Waals surface area contributed by atoms with Crippen molar-refractivity contribution in [3.63, 3.8) is 0 Å². The third kappa shape index (κ3) is 9.28. The maximum Gasteiger partial charge on any atom is 0.309 e. The first-order valence-corrected chi connectivity index (χ1v) is 13.4. The predicted molar refractivity (Wildman–Crippen MR) is 145 cm³/mol. The molecule has 0 radical (unpaired) electrons. The van der Waals surface area contributed by atoms with Gasteiger partial charge in [-0.25, -0.2) is 4.98 Å². The van der Waals surface area contributed by atoms with E-state index < -0.39 is 11.5 Å². The molecule has 1 aromatic carbocycles. The van der Waals surface area contributed by atoms with Gasteiger partial charge in [-0.05, 0) is 64.8 Å². The fraction of sp³-hybridized carbons (Fsp3) is 0.654. The number of carbonyl (C=O) groups is 2. The minimum Gasteiger partial charge on any atom is -0.460 e. The summed E-state index contributed by atoms with van der Waals surface area (Å²) in [4.78, 5) is 32.2. The number of hydrogen-bond acceptors (Lipinski definition) is 6. The van der Waals surface area contributed by atoms with Gasteiger partial charge in [0.25, 0.3) is 0 Å². The van der Waals surface area contributed by atoms with Crippen LogP contribution in [0.5, 0.6) is 0 Å². The summed E-state index contributed by atoms with van der Waals surface area (Å²) in [7, 11) is 1.99. The zero-order valence-electron chi connectivity index (χ0n) is 21.5. The summed E-state index contributed by atoms with van der Waals surface area (Å²) in [6.07, 6.45) is 3.19. The molecule has 0 aliphatic carbocycles. The highest BCUT2D eigenvalue weighted by molar-refractivity contribution is 6.18. The Bertz CT molecular complexity index is 965. The minimum atomic E-state index is -0.577. The third-order valence-electron chi connectivity index (χ3n) is 5.86. The summed E-state index contributed by atoms with van der Waals surface area (Å²) < 4.78 is 7.59. The molecule has 9 heteroatoms. The maximum atomic E-state index is 12.7. The number of nitrogens with two attached hydrogens (primary N) is 1. The molecule has 0 aliphatic heterocycles. The van der Waals surface area contributed by atoms with Gasteiger partial charge >= 0.3 is 5.97 Å². The monoisotopic (exact) mass is 526 g/mol. The van der Waals surface area contributed by atoms with Crippen molar-refractivity contribution < 1.29 is 14.3 Å². The second kappa shape index (κ2) is 14.0. The molecule has 35 heavy (non-hydrogen) atoms. The molecule has 1 atom stereocenters. The number of Topliss-reactive ketones (excluding diaryl/α,β-unsaturated/α-hetero) is 1. The van der Waals surface area contributed by atoms with Crippen molar-refractivity contribution in [3.05, 3.63) is 24.0 Å². The maximum absolute atomic E-state index is 12.7. The summed E-state index contributed by atoms with van der Waals surface area (Å²) in [5.74, 6) is 1.29. The molecule has 2 rings (SSSR count). The molecule has 2 aromatic rings. The first-order valence-electron chi connectivity index (χ1n) is 12.4. The highest BCUT2D eigenvalue weighted by atomic mass is 35.5. The van der Waals surface area contributed by atoms with Gasteiger partial charge in [-0.3, -0.25) is 9.59 Å². The SMILES string of the molecule is Cn1c(CCCC(=O)C[C@@H](CCCN)C(=O)OC(C)(C)C)nc2cc(N(CCCl)CCCl)ccc21. The van der Waals surface area contributed by atoms with Crippen LogP contribution >= 0.6 is 23.2 Å². The van der Waals surface area contributed by atoms with E-state index in [0.717, 1.165) is 35.6 Å². The fourth-order valence-electron chi connectivity index (χ4n) is 4.11. The number of halogens is 2. The predicted octanol–water partition coefficient (Wildman–Crippen LogP) is 4.84. The van der Waals surface area contributed by atoms with Gasteiger partial charge in [-0.1, -0.05) is 0 Å². The average molecular weight is 528 g/mol. The zero-order valence-corrected chi connectivity index (χ0v) is 23.0. The molecule has 0 saturated heterocycles. The first kappa shape index (κ1) is 29.4. The second-order valence-electron chi connectivity index (χ2n) is 9.88. The van der Waals surface area contributed by atoms with Crippen molar-refractivity contribution >= 4 is 51.7 Å². The molecule has 1 heterocycles. The van der Waals surface area contributed by atoms with Gasteiger partial charge in [0.1, 0.15) is 17.2 Å². The van der Waals surface area contributed by atoms with Crippen molar-refractivity contribution in [1.82, 2.24) is 9.55 Å². The number of esters is 1. The fourth-order valence-corrected chi connectivity index (χ4v) is 4.51. The van der Waals surface area contributed by atoms with E-state index in [9.17, 15) is 9.59 Å². The molecular formula is C26H40Cl2N4O3. The number of alkyl halides is 2. The van der Waals surface area contributed by atoms with Gasteiger partial charge < -0.3 is 19.9 Å². The van der Waals surface area contributed by atoms with Crippen molar-refractivity contribution in [3.8, 4) is 0 Å². The van der Waals surface area contributed by atoms with Crippen LogP contribution in [0.2, 0.25) is 0 Å². The summed E-state index contributed by atoms with van der Waals surface area (Å²) >= 11 is 11.9. The van der Waals surface area contributed by atoms with Gasteiger partial charge in [-0.15, -0.1) is 23.2 Å². The number of carbonyl (C=O) groups excluding carboxylic acids is 2. The zero-order chi connectivity index (χ0) is 26.0. The highest BCUT2D eigenvalue weighted by Gasteiger charge is 2.26. The number of rotatable bonds is 15. The van der Waals surface area contributed by atoms with Crippen molar-refractivity contribution in [2.45, 2.75) is 64.9 Å². The number of nitrogens with zero attached hydrogens (tertiary/aromatic N) is 3. The number of ketones is 1. The van der Waals surface area contributed by atoms with Crippen LogP contribution in [0.25, 0.3) is 11.0 Å². The lowest BCUT2D eigenvalue weighted by Crippen LogP contribution is -2.30.